The van der Waals surface area contributed by atoms with E-state index in [9.17, 15) is 5.11 Å². The second-order valence-corrected chi connectivity index (χ2v) is 4.71. The summed E-state index contributed by atoms with van der Waals surface area (Å²) in [6.07, 6.45) is 1.99. The van der Waals surface area contributed by atoms with Crippen LogP contribution in [0.5, 0.6) is 5.75 Å². The van der Waals surface area contributed by atoms with Crippen LogP contribution in [0, 0.1) is 0 Å². The minimum absolute atomic E-state index is 0.174. The Morgan fingerprint density at radius 1 is 1.06 bits per heavy atom. The Labute approximate surface area is 108 Å². The quantitative estimate of drug-likeness (QED) is 0.717. The summed E-state index contributed by atoms with van der Waals surface area (Å²) in [6, 6.07) is 13.0. The Kier molecular flexibility index (Phi) is 2.68. The van der Waals surface area contributed by atoms with E-state index in [1.54, 1.807) is 17.8 Å². The van der Waals surface area contributed by atoms with E-state index < -0.39 is 0 Å². The highest BCUT2D eigenvalue weighted by Gasteiger charge is 2.09. The van der Waals surface area contributed by atoms with Crippen molar-refractivity contribution in [1.29, 1.82) is 0 Å². The van der Waals surface area contributed by atoms with Gasteiger partial charge in [-0.3, -0.25) is 0 Å². The van der Waals surface area contributed by atoms with E-state index >= 15 is 0 Å². The summed E-state index contributed by atoms with van der Waals surface area (Å²) in [5.74, 6) is 0.174. The molecule has 0 unspecified atom stereocenters. The lowest BCUT2D eigenvalue weighted by Crippen LogP contribution is -1.99. The van der Waals surface area contributed by atoms with Crippen molar-refractivity contribution in [3.63, 3.8) is 0 Å². The van der Waals surface area contributed by atoms with Crippen LogP contribution in [0.15, 0.2) is 47.4 Å². The second-order valence-electron chi connectivity index (χ2n) is 3.83. The molecule has 1 heterocycles. The van der Waals surface area contributed by atoms with E-state index in [4.69, 9.17) is 0 Å². The maximum absolute atomic E-state index is 9.90. The summed E-state index contributed by atoms with van der Waals surface area (Å²) in [6.45, 7) is 0. The molecule has 4 nitrogen and oxygen atoms in total. The Balaban J connectivity index is 2.19. The van der Waals surface area contributed by atoms with Gasteiger partial charge in [0.05, 0.1) is 0 Å². The predicted octanol–water partition coefficient (Wildman–Crippen LogP) is 2.85. The zero-order chi connectivity index (χ0) is 12.5. The number of aromatic hydroxyl groups is 1. The van der Waals surface area contributed by atoms with Crippen molar-refractivity contribution in [3.8, 4) is 11.4 Å². The van der Waals surface area contributed by atoms with Crippen LogP contribution in [0.2, 0.25) is 0 Å². The van der Waals surface area contributed by atoms with Crippen LogP contribution < -0.4 is 0 Å². The molecule has 18 heavy (non-hydrogen) atoms. The molecule has 0 radical (unpaired) electrons. The van der Waals surface area contributed by atoms with Crippen molar-refractivity contribution in [2.45, 2.75) is 4.90 Å². The number of phenolic OH excluding ortho intramolecular Hbond substituents is 1. The van der Waals surface area contributed by atoms with Crippen molar-refractivity contribution in [2.24, 2.45) is 0 Å². The minimum atomic E-state index is 0.174. The lowest BCUT2D eigenvalue weighted by Gasteiger charge is -2.04. The summed E-state index contributed by atoms with van der Waals surface area (Å²) in [5, 5.41) is 18.6. The van der Waals surface area contributed by atoms with E-state index in [0.717, 1.165) is 15.9 Å². The first kappa shape index (κ1) is 11.1. The Morgan fingerprint density at radius 3 is 2.33 bits per heavy atom. The van der Waals surface area contributed by atoms with Gasteiger partial charge < -0.3 is 5.11 Å². The third kappa shape index (κ3) is 1.82. The van der Waals surface area contributed by atoms with Crippen molar-refractivity contribution in [1.82, 2.24) is 15.0 Å². The van der Waals surface area contributed by atoms with Gasteiger partial charge in [-0.15, -0.1) is 26.8 Å². The number of phenols is 1. The molecular formula is C13H11N3OS. The Hall–Kier alpha value is -2.01. The van der Waals surface area contributed by atoms with Gasteiger partial charge in [0, 0.05) is 4.90 Å². The lowest BCUT2D eigenvalue weighted by atomic mass is 10.3. The summed E-state index contributed by atoms with van der Waals surface area (Å²) < 4.78 is 0. The van der Waals surface area contributed by atoms with E-state index in [2.05, 4.69) is 10.2 Å². The topological polar surface area (TPSA) is 50.9 Å². The number of hydrogen-bond acceptors (Lipinski definition) is 4. The molecular weight excluding hydrogens is 246 g/mol. The average molecular weight is 257 g/mol. The molecule has 0 spiro atoms. The molecule has 0 aliphatic rings. The highest BCUT2D eigenvalue weighted by Crippen LogP contribution is 2.26. The number of hydrogen-bond donors (Lipinski definition) is 1. The molecule has 1 aromatic heterocycles. The van der Waals surface area contributed by atoms with Crippen LogP contribution in [0.1, 0.15) is 0 Å². The second kappa shape index (κ2) is 4.34. The number of benzene rings is 2. The summed E-state index contributed by atoms with van der Waals surface area (Å²) in [7, 11) is 0. The van der Waals surface area contributed by atoms with E-state index in [1.165, 1.54) is 4.80 Å². The maximum atomic E-state index is 9.90. The molecule has 2 aromatic carbocycles. The third-order valence-corrected chi connectivity index (χ3v) is 3.41. The van der Waals surface area contributed by atoms with Crippen LogP contribution in [0.4, 0.5) is 0 Å². The SMILES string of the molecule is CSc1ccc(O)c(-n2nc3ccccc3n2)c1. The number of fused-ring (bicyclic) bond motifs is 1. The molecule has 0 saturated heterocycles. The lowest BCUT2D eigenvalue weighted by molar-refractivity contribution is 0.467. The van der Waals surface area contributed by atoms with Crippen molar-refractivity contribution >= 4 is 22.8 Å². The van der Waals surface area contributed by atoms with Gasteiger partial charge in [-0.1, -0.05) is 12.1 Å². The molecule has 0 saturated carbocycles. The van der Waals surface area contributed by atoms with Gasteiger partial charge in [0.15, 0.2) is 0 Å². The van der Waals surface area contributed by atoms with E-state index in [-0.39, 0.29) is 5.75 Å². The molecule has 0 bridgehead atoms. The van der Waals surface area contributed by atoms with Crippen LogP contribution in [0.3, 0.4) is 0 Å². The number of aromatic nitrogens is 3. The fourth-order valence-corrected chi connectivity index (χ4v) is 2.19. The van der Waals surface area contributed by atoms with E-state index in [0.29, 0.717) is 5.69 Å². The zero-order valence-electron chi connectivity index (χ0n) is 9.74. The largest absolute Gasteiger partial charge is 0.506 e. The first-order valence-corrected chi connectivity index (χ1v) is 6.70. The molecule has 0 fully saturated rings. The van der Waals surface area contributed by atoms with E-state index in [1.807, 2.05) is 42.7 Å². The third-order valence-electron chi connectivity index (χ3n) is 2.68. The molecule has 0 atom stereocenters. The van der Waals surface area contributed by atoms with Gasteiger partial charge in [0.1, 0.15) is 22.5 Å². The fraction of sp³-hybridized carbons (Fsp3) is 0.0769. The summed E-state index contributed by atoms with van der Waals surface area (Å²) in [4.78, 5) is 2.53. The molecule has 0 amide bonds. The smallest absolute Gasteiger partial charge is 0.143 e. The first-order chi connectivity index (χ1) is 8.78. The molecule has 3 aromatic rings. The van der Waals surface area contributed by atoms with Gasteiger partial charge in [0.25, 0.3) is 0 Å². The van der Waals surface area contributed by atoms with Gasteiger partial charge in [0.2, 0.25) is 0 Å². The maximum Gasteiger partial charge on any atom is 0.143 e. The number of nitrogens with zero attached hydrogens (tertiary/aromatic N) is 3. The standard InChI is InChI=1S/C13H11N3OS/c1-18-9-6-7-13(17)12(8-9)16-14-10-4-2-3-5-11(10)15-16/h2-8,17H,1H3. The van der Waals surface area contributed by atoms with Gasteiger partial charge in [-0.25, -0.2) is 0 Å². The van der Waals surface area contributed by atoms with Crippen molar-refractivity contribution < 1.29 is 5.11 Å². The molecule has 0 aliphatic heterocycles. The zero-order valence-corrected chi connectivity index (χ0v) is 10.6. The molecule has 3 rings (SSSR count). The van der Waals surface area contributed by atoms with Gasteiger partial charge in [-0.05, 0) is 36.6 Å². The van der Waals surface area contributed by atoms with Crippen molar-refractivity contribution in [3.05, 3.63) is 42.5 Å². The number of thioether (sulfide) groups is 1. The molecule has 90 valence electrons. The predicted molar refractivity (Wildman–Crippen MR) is 72.3 cm³/mol. The Morgan fingerprint density at radius 2 is 1.72 bits per heavy atom. The highest BCUT2D eigenvalue weighted by molar-refractivity contribution is 7.98. The summed E-state index contributed by atoms with van der Waals surface area (Å²) in [5.41, 5.74) is 2.22. The monoisotopic (exact) mass is 257 g/mol. The van der Waals surface area contributed by atoms with Crippen molar-refractivity contribution in [2.75, 3.05) is 6.26 Å². The van der Waals surface area contributed by atoms with Crippen LogP contribution >= 0.6 is 11.8 Å². The fourth-order valence-electron chi connectivity index (χ4n) is 1.76. The molecule has 0 aliphatic carbocycles. The highest BCUT2D eigenvalue weighted by atomic mass is 32.2. The normalized spacial score (nSPS) is 10.9. The van der Waals surface area contributed by atoms with Gasteiger partial charge >= 0.3 is 0 Å². The minimum Gasteiger partial charge on any atom is -0.506 e. The molecule has 5 heteroatoms. The number of rotatable bonds is 2. The van der Waals surface area contributed by atoms with Crippen LogP contribution in [-0.2, 0) is 0 Å². The Bertz CT molecular complexity index is 675. The van der Waals surface area contributed by atoms with Crippen LogP contribution in [-0.4, -0.2) is 26.4 Å². The van der Waals surface area contributed by atoms with Crippen LogP contribution in [0.25, 0.3) is 16.7 Å². The molecule has 1 N–H and O–H groups in total. The first-order valence-electron chi connectivity index (χ1n) is 5.47. The van der Waals surface area contributed by atoms with Gasteiger partial charge in [-0.2, -0.15) is 0 Å². The summed E-state index contributed by atoms with van der Waals surface area (Å²) >= 11 is 1.61. The average Bonchev–Trinajstić information content (AvgIpc) is 2.82.